The minimum absolute atomic E-state index is 0.114. The van der Waals surface area contributed by atoms with Crippen LogP contribution in [-0.4, -0.2) is 15.5 Å². The van der Waals surface area contributed by atoms with E-state index in [-0.39, 0.29) is 5.91 Å². The third-order valence-electron chi connectivity index (χ3n) is 3.66. The van der Waals surface area contributed by atoms with Gasteiger partial charge in [0, 0.05) is 29.3 Å². The van der Waals surface area contributed by atoms with E-state index in [1.807, 2.05) is 67.1 Å². The molecular weight excluding hydrogens is 306 g/mol. The van der Waals surface area contributed by atoms with Gasteiger partial charge in [0.2, 0.25) is 0 Å². The summed E-state index contributed by atoms with van der Waals surface area (Å²) in [5.74, 6) is -0.114. The Bertz CT molecular complexity index is 924. The van der Waals surface area contributed by atoms with Gasteiger partial charge in [-0.2, -0.15) is 0 Å². The average Bonchev–Trinajstić information content (AvgIpc) is 2.93. The monoisotopic (exact) mass is 323 g/mol. The first kappa shape index (κ1) is 15.2. The van der Waals surface area contributed by atoms with Gasteiger partial charge in [0.25, 0.3) is 5.91 Å². The highest BCUT2D eigenvalue weighted by molar-refractivity contribution is 7.71. The number of H-pyrrole nitrogens is 1. The van der Waals surface area contributed by atoms with Gasteiger partial charge in [-0.1, -0.05) is 23.8 Å². The van der Waals surface area contributed by atoms with Crippen LogP contribution in [0.15, 0.2) is 54.9 Å². The van der Waals surface area contributed by atoms with Crippen LogP contribution in [0.1, 0.15) is 21.5 Å². The Balaban J connectivity index is 1.87. The Morgan fingerprint density at radius 2 is 2.00 bits per heavy atom. The molecule has 116 valence electrons. The van der Waals surface area contributed by atoms with Gasteiger partial charge in [0.05, 0.1) is 0 Å². The molecule has 0 aliphatic carbocycles. The molecule has 0 atom stereocenters. The van der Waals surface area contributed by atoms with E-state index >= 15 is 0 Å². The molecule has 0 spiro atoms. The molecule has 3 aromatic rings. The lowest BCUT2D eigenvalue weighted by Crippen LogP contribution is -2.13. The zero-order valence-corrected chi connectivity index (χ0v) is 13.8. The van der Waals surface area contributed by atoms with E-state index in [1.165, 1.54) is 0 Å². The predicted molar refractivity (Wildman–Crippen MR) is 94.8 cm³/mol. The fourth-order valence-corrected chi connectivity index (χ4v) is 2.76. The zero-order chi connectivity index (χ0) is 16.4. The third kappa shape index (κ3) is 3.24. The van der Waals surface area contributed by atoms with E-state index in [9.17, 15) is 4.79 Å². The van der Waals surface area contributed by atoms with Crippen molar-refractivity contribution in [3.05, 3.63) is 76.3 Å². The number of hydrogen-bond acceptors (Lipinski definition) is 2. The van der Waals surface area contributed by atoms with E-state index in [2.05, 4.69) is 10.3 Å². The molecule has 0 aliphatic rings. The molecule has 0 fully saturated rings. The van der Waals surface area contributed by atoms with Crippen LogP contribution in [0.3, 0.4) is 0 Å². The van der Waals surface area contributed by atoms with Gasteiger partial charge in [-0.05, 0) is 55.9 Å². The summed E-state index contributed by atoms with van der Waals surface area (Å²) in [6, 6.07) is 13.4. The number of amides is 1. The van der Waals surface area contributed by atoms with Gasteiger partial charge in [-0.25, -0.2) is 0 Å². The van der Waals surface area contributed by atoms with Crippen molar-refractivity contribution in [1.82, 2.24) is 9.55 Å². The Kier molecular flexibility index (Phi) is 4.12. The number of nitrogens with zero attached hydrogens (tertiary/aromatic N) is 1. The maximum atomic E-state index is 12.5. The maximum absolute atomic E-state index is 12.5. The molecule has 1 aromatic heterocycles. The molecule has 3 rings (SSSR count). The van der Waals surface area contributed by atoms with Crippen molar-refractivity contribution in [1.29, 1.82) is 0 Å². The van der Waals surface area contributed by atoms with Crippen molar-refractivity contribution in [3.8, 4) is 5.69 Å². The quantitative estimate of drug-likeness (QED) is 0.702. The molecule has 1 amide bonds. The predicted octanol–water partition coefficient (Wildman–Crippen LogP) is 4.40. The summed E-state index contributed by atoms with van der Waals surface area (Å²) < 4.78 is 2.46. The smallest absolute Gasteiger partial charge is 0.255 e. The molecule has 0 bridgehead atoms. The van der Waals surface area contributed by atoms with Gasteiger partial charge in [0.1, 0.15) is 0 Å². The van der Waals surface area contributed by atoms with Crippen LogP contribution in [0.5, 0.6) is 0 Å². The largest absolute Gasteiger partial charge is 0.337 e. The highest BCUT2D eigenvalue weighted by Crippen LogP contribution is 2.17. The van der Waals surface area contributed by atoms with E-state index in [0.717, 1.165) is 22.5 Å². The molecule has 4 nitrogen and oxygen atoms in total. The normalized spacial score (nSPS) is 10.5. The number of aromatic amines is 1. The van der Waals surface area contributed by atoms with Gasteiger partial charge in [-0.15, -0.1) is 0 Å². The first-order valence-electron chi connectivity index (χ1n) is 7.30. The van der Waals surface area contributed by atoms with Crippen LogP contribution >= 0.6 is 12.2 Å². The first-order chi connectivity index (χ1) is 11.0. The highest BCUT2D eigenvalue weighted by atomic mass is 32.1. The van der Waals surface area contributed by atoms with Crippen molar-refractivity contribution in [2.75, 3.05) is 5.32 Å². The van der Waals surface area contributed by atoms with E-state index < -0.39 is 0 Å². The van der Waals surface area contributed by atoms with Crippen LogP contribution in [0.4, 0.5) is 5.69 Å². The van der Waals surface area contributed by atoms with Crippen LogP contribution in [-0.2, 0) is 0 Å². The fourth-order valence-electron chi connectivity index (χ4n) is 2.52. The van der Waals surface area contributed by atoms with Gasteiger partial charge >= 0.3 is 0 Å². The summed E-state index contributed by atoms with van der Waals surface area (Å²) in [7, 11) is 0. The number of rotatable bonds is 3. The molecule has 23 heavy (non-hydrogen) atoms. The second kappa shape index (κ2) is 6.22. The molecule has 0 saturated heterocycles. The number of aryl methyl sites for hydroxylation is 2. The lowest BCUT2D eigenvalue weighted by molar-refractivity contribution is 0.102. The second-order valence-electron chi connectivity index (χ2n) is 5.46. The Hall–Kier alpha value is -2.66. The molecule has 1 heterocycles. The average molecular weight is 323 g/mol. The lowest BCUT2D eigenvalue weighted by atomic mass is 10.1. The summed E-state index contributed by atoms with van der Waals surface area (Å²) >= 11 is 5.22. The summed E-state index contributed by atoms with van der Waals surface area (Å²) in [6.45, 7) is 3.95. The maximum Gasteiger partial charge on any atom is 0.255 e. The molecule has 0 unspecified atom stereocenters. The van der Waals surface area contributed by atoms with Crippen molar-refractivity contribution in [2.45, 2.75) is 13.8 Å². The number of aromatic nitrogens is 2. The zero-order valence-electron chi connectivity index (χ0n) is 13.0. The van der Waals surface area contributed by atoms with Crippen LogP contribution in [0.2, 0.25) is 0 Å². The molecule has 2 aromatic carbocycles. The number of imidazole rings is 1. The summed E-state index contributed by atoms with van der Waals surface area (Å²) in [6.07, 6.45) is 3.64. The Labute approximate surface area is 139 Å². The van der Waals surface area contributed by atoms with Crippen molar-refractivity contribution >= 4 is 23.8 Å². The highest BCUT2D eigenvalue weighted by Gasteiger charge is 2.10. The second-order valence-corrected chi connectivity index (χ2v) is 5.84. The van der Waals surface area contributed by atoms with Gasteiger partial charge in [0.15, 0.2) is 4.77 Å². The van der Waals surface area contributed by atoms with Crippen molar-refractivity contribution in [2.24, 2.45) is 0 Å². The fraction of sp³-hybridized carbons (Fsp3) is 0.111. The van der Waals surface area contributed by atoms with Crippen LogP contribution < -0.4 is 5.32 Å². The summed E-state index contributed by atoms with van der Waals surface area (Å²) in [4.78, 5) is 15.4. The lowest BCUT2D eigenvalue weighted by Gasteiger charge is -2.10. The SMILES string of the molecule is Cc1ccc(C(=O)Nc2cccc(-n3cc[nH]c3=S)c2)c(C)c1. The Morgan fingerprint density at radius 1 is 1.17 bits per heavy atom. The first-order valence-corrected chi connectivity index (χ1v) is 7.70. The summed E-state index contributed by atoms with van der Waals surface area (Å²) in [5, 5.41) is 2.94. The van der Waals surface area contributed by atoms with Crippen LogP contribution in [0, 0.1) is 18.6 Å². The van der Waals surface area contributed by atoms with Gasteiger partial charge in [-0.3, -0.25) is 9.36 Å². The van der Waals surface area contributed by atoms with Crippen molar-refractivity contribution in [3.63, 3.8) is 0 Å². The van der Waals surface area contributed by atoms with Gasteiger partial charge < -0.3 is 10.3 Å². The number of nitrogens with one attached hydrogen (secondary N) is 2. The van der Waals surface area contributed by atoms with E-state index in [4.69, 9.17) is 12.2 Å². The number of anilines is 1. The number of benzene rings is 2. The Morgan fingerprint density at radius 3 is 2.70 bits per heavy atom. The van der Waals surface area contributed by atoms with E-state index in [0.29, 0.717) is 10.3 Å². The molecular formula is C18H17N3OS. The third-order valence-corrected chi connectivity index (χ3v) is 3.97. The minimum atomic E-state index is -0.114. The van der Waals surface area contributed by atoms with Crippen molar-refractivity contribution < 1.29 is 4.79 Å². The number of hydrogen-bond donors (Lipinski definition) is 2. The molecule has 0 radical (unpaired) electrons. The molecule has 2 N–H and O–H groups in total. The molecule has 0 saturated carbocycles. The topological polar surface area (TPSA) is 49.8 Å². The molecule has 5 heteroatoms. The summed E-state index contributed by atoms with van der Waals surface area (Å²) in [5.41, 5.74) is 4.42. The van der Waals surface area contributed by atoms with Crippen LogP contribution in [0.25, 0.3) is 5.69 Å². The number of carbonyl (C=O) groups is 1. The molecule has 0 aliphatic heterocycles. The minimum Gasteiger partial charge on any atom is -0.337 e. The van der Waals surface area contributed by atoms with E-state index in [1.54, 1.807) is 6.20 Å². The number of carbonyl (C=O) groups excluding carboxylic acids is 1. The standard InChI is InChI=1S/C18H17N3OS/c1-12-6-7-16(13(2)10-12)17(22)20-14-4-3-5-15(11-14)21-9-8-19-18(21)23/h3-11H,1-2H3,(H,19,23)(H,20,22).